The second-order valence-corrected chi connectivity index (χ2v) is 4.81. The second kappa shape index (κ2) is 3.15. The van der Waals surface area contributed by atoms with E-state index >= 15 is 0 Å². The molecule has 76 valence electrons. The quantitative estimate of drug-likeness (QED) is 0.591. The van der Waals surface area contributed by atoms with E-state index in [-0.39, 0.29) is 0 Å². The van der Waals surface area contributed by atoms with Gasteiger partial charge < -0.3 is 4.57 Å². The highest BCUT2D eigenvalue weighted by Crippen LogP contribution is 2.32. The van der Waals surface area contributed by atoms with Crippen LogP contribution in [0, 0.1) is 6.92 Å². The molecule has 0 saturated carbocycles. The van der Waals surface area contributed by atoms with Gasteiger partial charge in [0.25, 0.3) is 0 Å². The lowest BCUT2D eigenvalue weighted by molar-refractivity contribution is 0.505. The summed E-state index contributed by atoms with van der Waals surface area (Å²) in [4.78, 5) is 0. The van der Waals surface area contributed by atoms with Crippen LogP contribution >= 0.6 is 0 Å². The molecule has 1 aliphatic carbocycles. The Bertz CT molecular complexity index is 326. The molecule has 0 radical (unpaired) electrons. The lowest BCUT2D eigenvalue weighted by Crippen LogP contribution is -2.14. The van der Waals surface area contributed by atoms with E-state index in [0.717, 1.165) is 0 Å². The van der Waals surface area contributed by atoms with Crippen molar-refractivity contribution in [1.29, 1.82) is 0 Å². The van der Waals surface area contributed by atoms with Crippen molar-refractivity contribution in [2.24, 2.45) is 0 Å². The Balaban J connectivity index is 2.17. The van der Waals surface area contributed by atoms with Crippen LogP contribution in [-0.2, 0) is 25.8 Å². The first-order valence-electron chi connectivity index (χ1n) is 6.07. The predicted octanol–water partition coefficient (Wildman–Crippen LogP) is 3.01. The van der Waals surface area contributed by atoms with Crippen molar-refractivity contribution in [3.05, 3.63) is 22.5 Å². The van der Waals surface area contributed by atoms with Crippen LogP contribution in [0.15, 0.2) is 0 Å². The van der Waals surface area contributed by atoms with Gasteiger partial charge in [-0.1, -0.05) is 0 Å². The largest absolute Gasteiger partial charge is 0.348 e. The van der Waals surface area contributed by atoms with Crippen LogP contribution in [-0.4, -0.2) is 4.57 Å². The summed E-state index contributed by atoms with van der Waals surface area (Å²) in [5.41, 5.74) is 6.72. The molecule has 2 heterocycles. The first-order valence-corrected chi connectivity index (χ1v) is 6.07. The van der Waals surface area contributed by atoms with Crippen LogP contribution < -0.4 is 0 Å². The molecule has 1 aromatic rings. The average Bonchev–Trinajstić information content (AvgIpc) is 2.55. The molecule has 1 aromatic heterocycles. The third-order valence-electron chi connectivity index (χ3n) is 4.02. The van der Waals surface area contributed by atoms with Crippen LogP contribution in [0.3, 0.4) is 0 Å². The van der Waals surface area contributed by atoms with E-state index in [1.54, 1.807) is 22.5 Å². The van der Waals surface area contributed by atoms with Crippen molar-refractivity contribution in [2.45, 2.75) is 58.4 Å². The topological polar surface area (TPSA) is 4.93 Å². The predicted molar refractivity (Wildman–Crippen MR) is 58.7 cm³/mol. The van der Waals surface area contributed by atoms with E-state index in [0.29, 0.717) is 0 Å². The molecule has 0 fully saturated rings. The summed E-state index contributed by atoms with van der Waals surface area (Å²) in [6.45, 7) is 3.65. The lowest BCUT2D eigenvalue weighted by atomic mass is 9.95. The monoisotopic (exact) mass is 189 g/mol. The average molecular weight is 189 g/mol. The number of hydrogen-bond acceptors (Lipinski definition) is 0. The van der Waals surface area contributed by atoms with Crippen LogP contribution in [0.25, 0.3) is 0 Å². The summed E-state index contributed by atoms with van der Waals surface area (Å²) < 4.78 is 2.65. The number of nitrogens with zero attached hydrogens (tertiary/aromatic N) is 1. The molecule has 0 unspecified atom stereocenters. The molecule has 0 atom stereocenters. The molecule has 0 spiro atoms. The zero-order valence-corrected chi connectivity index (χ0v) is 9.10. The van der Waals surface area contributed by atoms with Gasteiger partial charge in [-0.2, -0.15) is 0 Å². The molecule has 0 saturated heterocycles. The molecule has 3 rings (SSSR count). The summed E-state index contributed by atoms with van der Waals surface area (Å²) in [7, 11) is 0. The maximum absolute atomic E-state index is 2.65. The van der Waals surface area contributed by atoms with Crippen LogP contribution in [0.2, 0.25) is 0 Å². The Morgan fingerprint density at radius 2 is 1.57 bits per heavy atom. The molecule has 0 aromatic carbocycles. The zero-order valence-electron chi connectivity index (χ0n) is 9.10. The van der Waals surface area contributed by atoms with Crippen molar-refractivity contribution in [2.75, 3.05) is 0 Å². The summed E-state index contributed by atoms with van der Waals surface area (Å²) in [6, 6.07) is 0. The smallest absolute Gasteiger partial charge is 0.0225 e. The van der Waals surface area contributed by atoms with Gasteiger partial charge in [-0.25, -0.2) is 0 Å². The van der Waals surface area contributed by atoms with E-state index in [1.165, 1.54) is 51.5 Å². The van der Waals surface area contributed by atoms with E-state index in [9.17, 15) is 0 Å². The van der Waals surface area contributed by atoms with Crippen LogP contribution in [0.4, 0.5) is 0 Å². The molecule has 1 heteroatoms. The lowest BCUT2D eigenvalue weighted by Gasteiger charge is -2.20. The molecular formula is C13H19N. The van der Waals surface area contributed by atoms with Gasteiger partial charge in [0.15, 0.2) is 0 Å². The fourth-order valence-corrected chi connectivity index (χ4v) is 3.29. The number of fused-ring (bicyclic) bond motifs is 3. The van der Waals surface area contributed by atoms with E-state index in [4.69, 9.17) is 0 Å². The van der Waals surface area contributed by atoms with Gasteiger partial charge in [-0.05, 0) is 63.0 Å². The fraction of sp³-hybridized carbons (Fsp3) is 0.692. The van der Waals surface area contributed by atoms with Gasteiger partial charge in [0, 0.05) is 17.9 Å². The molecule has 1 nitrogen and oxygen atoms in total. The third-order valence-corrected chi connectivity index (χ3v) is 4.02. The van der Waals surface area contributed by atoms with Gasteiger partial charge in [0.1, 0.15) is 0 Å². The Hall–Kier alpha value is -0.720. The van der Waals surface area contributed by atoms with Crippen LogP contribution in [0.1, 0.15) is 48.2 Å². The maximum Gasteiger partial charge on any atom is 0.0225 e. The van der Waals surface area contributed by atoms with Crippen molar-refractivity contribution in [1.82, 2.24) is 4.57 Å². The molecule has 0 amide bonds. The van der Waals surface area contributed by atoms with Gasteiger partial charge in [0.05, 0.1) is 0 Å². The first-order chi connectivity index (χ1) is 6.88. The molecule has 0 bridgehead atoms. The fourth-order valence-electron chi connectivity index (χ4n) is 3.29. The Morgan fingerprint density at radius 3 is 2.50 bits per heavy atom. The summed E-state index contributed by atoms with van der Waals surface area (Å²) in [5.74, 6) is 0. The highest BCUT2D eigenvalue weighted by atomic mass is 15.0. The Kier molecular flexibility index (Phi) is 1.93. The van der Waals surface area contributed by atoms with Crippen molar-refractivity contribution >= 4 is 0 Å². The minimum absolute atomic E-state index is 1.30. The number of aromatic nitrogens is 1. The molecule has 14 heavy (non-hydrogen) atoms. The molecule has 2 aliphatic rings. The Morgan fingerprint density at radius 1 is 0.857 bits per heavy atom. The standard InChI is InChI=1S/C13H19N/c1-10-11-6-2-3-8-13(11)14-9-5-4-7-12(10)14/h2-9H2,1H3. The van der Waals surface area contributed by atoms with Gasteiger partial charge in [0.2, 0.25) is 0 Å². The second-order valence-electron chi connectivity index (χ2n) is 4.81. The van der Waals surface area contributed by atoms with Gasteiger partial charge in [-0.15, -0.1) is 0 Å². The normalized spacial score (nSPS) is 20.4. The van der Waals surface area contributed by atoms with E-state index < -0.39 is 0 Å². The molecular weight excluding hydrogens is 170 g/mol. The minimum atomic E-state index is 1.30. The number of rotatable bonds is 0. The highest BCUT2D eigenvalue weighted by Gasteiger charge is 2.23. The van der Waals surface area contributed by atoms with Crippen LogP contribution in [0.5, 0.6) is 0 Å². The Labute approximate surface area is 86.1 Å². The van der Waals surface area contributed by atoms with E-state index in [2.05, 4.69) is 11.5 Å². The minimum Gasteiger partial charge on any atom is -0.348 e. The number of hydrogen-bond donors (Lipinski definition) is 0. The highest BCUT2D eigenvalue weighted by molar-refractivity contribution is 5.40. The molecule has 0 N–H and O–H groups in total. The summed E-state index contributed by atoms with van der Waals surface area (Å²) in [5, 5.41) is 0. The first kappa shape index (κ1) is 8.58. The third kappa shape index (κ3) is 1.08. The summed E-state index contributed by atoms with van der Waals surface area (Å²) >= 11 is 0. The molecule has 1 aliphatic heterocycles. The van der Waals surface area contributed by atoms with Crippen molar-refractivity contribution < 1.29 is 0 Å². The van der Waals surface area contributed by atoms with Gasteiger partial charge in [-0.3, -0.25) is 0 Å². The zero-order chi connectivity index (χ0) is 9.54. The SMILES string of the molecule is Cc1c2c(n3c1CCCC3)CCCC2. The maximum atomic E-state index is 2.65. The van der Waals surface area contributed by atoms with Crippen molar-refractivity contribution in [3.63, 3.8) is 0 Å². The summed E-state index contributed by atoms with van der Waals surface area (Å²) in [6.07, 6.45) is 9.65. The van der Waals surface area contributed by atoms with E-state index in [1.807, 2.05) is 0 Å². The van der Waals surface area contributed by atoms with Crippen molar-refractivity contribution in [3.8, 4) is 0 Å². The van der Waals surface area contributed by atoms with Gasteiger partial charge >= 0.3 is 0 Å².